The predicted molar refractivity (Wildman–Crippen MR) is 117 cm³/mol. The average Bonchev–Trinajstić information content (AvgIpc) is 3.26. The Morgan fingerprint density at radius 1 is 1.10 bits per heavy atom. The van der Waals surface area contributed by atoms with Gasteiger partial charge in [0.25, 0.3) is 11.7 Å². The van der Waals surface area contributed by atoms with Crippen molar-refractivity contribution in [1.29, 1.82) is 0 Å². The molecule has 1 aliphatic rings. The fourth-order valence-electron chi connectivity index (χ4n) is 3.71. The second-order valence-corrected chi connectivity index (χ2v) is 8.50. The summed E-state index contributed by atoms with van der Waals surface area (Å²) in [6, 6.07) is 10.5. The van der Waals surface area contributed by atoms with Crippen molar-refractivity contribution in [2.75, 3.05) is 0 Å². The molecule has 1 amide bonds. The summed E-state index contributed by atoms with van der Waals surface area (Å²) in [5.74, 6) is -1.41. The van der Waals surface area contributed by atoms with E-state index >= 15 is 0 Å². The third-order valence-electron chi connectivity index (χ3n) is 5.55. The second kappa shape index (κ2) is 7.88. The van der Waals surface area contributed by atoms with Crippen LogP contribution in [0.15, 0.2) is 59.7 Å². The first-order valence-electron chi connectivity index (χ1n) is 9.67. The van der Waals surface area contributed by atoms with Crippen molar-refractivity contribution >= 4 is 28.8 Å². The van der Waals surface area contributed by atoms with Crippen LogP contribution in [0.25, 0.3) is 5.76 Å². The molecule has 2 aromatic heterocycles. The van der Waals surface area contributed by atoms with E-state index in [-0.39, 0.29) is 17.9 Å². The lowest BCUT2D eigenvalue weighted by Gasteiger charge is -2.25. The first kappa shape index (κ1) is 20.0. The number of carbonyl (C=O) groups excluding carboxylic acids is 2. The number of likely N-dealkylation sites (tertiary alicyclic amines) is 1. The lowest BCUT2D eigenvalue weighted by atomic mass is 9.96. The molecule has 1 saturated heterocycles. The minimum absolute atomic E-state index is 0.136. The Morgan fingerprint density at radius 2 is 1.90 bits per heavy atom. The van der Waals surface area contributed by atoms with Crippen LogP contribution in [0.2, 0.25) is 0 Å². The van der Waals surface area contributed by atoms with Crippen molar-refractivity contribution in [3.05, 3.63) is 92.4 Å². The number of aliphatic hydroxyl groups is 1. The van der Waals surface area contributed by atoms with Gasteiger partial charge in [0.05, 0.1) is 5.57 Å². The highest BCUT2D eigenvalue weighted by atomic mass is 32.1. The van der Waals surface area contributed by atoms with Crippen LogP contribution in [0, 0.1) is 20.8 Å². The molecule has 1 aliphatic heterocycles. The van der Waals surface area contributed by atoms with Crippen molar-refractivity contribution in [1.82, 2.24) is 9.88 Å². The second-order valence-electron chi connectivity index (χ2n) is 7.56. The molecule has 3 aromatic rings. The van der Waals surface area contributed by atoms with Crippen LogP contribution in [0.3, 0.4) is 0 Å². The van der Waals surface area contributed by atoms with E-state index in [1.165, 1.54) is 16.2 Å². The van der Waals surface area contributed by atoms with E-state index in [4.69, 9.17) is 0 Å². The first-order valence-corrected chi connectivity index (χ1v) is 10.6. The van der Waals surface area contributed by atoms with Gasteiger partial charge >= 0.3 is 0 Å². The topological polar surface area (TPSA) is 70.5 Å². The van der Waals surface area contributed by atoms with Crippen molar-refractivity contribution in [2.45, 2.75) is 33.4 Å². The van der Waals surface area contributed by atoms with Gasteiger partial charge in [0.1, 0.15) is 11.8 Å². The molecule has 0 bridgehead atoms. The number of aryl methyl sites for hydroxylation is 3. The summed E-state index contributed by atoms with van der Waals surface area (Å²) >= 11 is 1.48. The van der Waals surface area contributed by atoms with Crippen molar-refractivity contribution < 1.29 is 14.7 Å². The largest absolute Gasteiger partial charge is 0.507 e. The maximum atomic E-state index is 13.1. The molecule has 0 radical (unpaired) electrons. The van der Waals surface area contributed by atoms with E-state index in [1.807, 2.05) is 50.4 Å². The number of hydrogen-bond donors (Lipinski definition) is 1. The van der Waals surface area contributed by atoms with Crippen molar-refractivity contribution in [2.24, 2.45) is 0 Å². The summed E-state index contributed by atoms with van der Waals surface area (Å²) in [6.45, 7) is 6.13. The van der Waals surface area contributed by atoms with Crippen LogP contribution in [0.4, 0.5) is 0 Å². The zero-order chi connectivity index (χ0) is 21.4. The van der Waals surface area contributed by atoms with E-state index in [9.17, 15) is 14.7 Å². The molecule has 5 nitrogen and oxygen atoms in total. The van der Waals surface area contributed by atoms with Gasteiger partial charge in [0.2, 0.25) is 0 Å². The number of thiophene rings is 1. The lowest BCUT2D eigenvalue weighted by Crippen LogP contribution is -2.29. The number of aromatic nitrogens is 1. The zero-order valence-electron chi connectivity index (χ0n) is 17.0. The Hall–Kier alpha value is -3.25. The number of hydrogen-bond acceptors (Lipinski definition) is 5. The number of carbonyl (C=O) groups is 2. The molecule has 3 heterocycles. The normalized spacial score (nSPS) is 18.2. The van der Waals surface area contributed by atoms with E-state index in [0.29, 0.717) is 5.56 Å². The van der Waals surface area contributed by atoms with Crippen LogP contribution in [-0.2, 0) is 16.1 Å². The summed E-state index contributed by atoms with van der Waals surface area (Å²) in [4.78, 5) is 32.6. The Labute approximate surface area is 179 Å². The van der Waals surface area contributed by atoms with Crippen LogP contribution >= 0.6 is 11.3 Å². The maximum Gasteiger partial charge on any atom is 0.295 e. The Kier molecular flexibility index (Phi) is 5.26. The van der Waals surface area contributed by atoms with Gasteiger partial charge < -0.3 is 10.0 Å². The minimum Gasteiger partial charge on any atom is -0.507 e. The fourth-order valence-corrected chi connectivity index (χ4v) is 4.76. The zero-order valence-corrected chi connectivity index (χ0v) is 17.9. The summed E-state index contributed by atoms with van der Waals surface area (Å²) in [6.07, 6.45) is 3.35. The number of ketones is 1. The third-order valence-corrected chi connectivity index (χ3v) is 6.62. The number of nitrogens with zero attached hydrogens (tertiary/aromatic N) is 2. The minimum atomic E-state index is -0.660. The number of aliphatic hydroxyl groups excluding tert-OH is 1. The van der Waals surface area contributed by atoms with Gasteiger partial charge in [-0.05, 0) is 66.6 Å². The Bertz CT molecular complexity index is 1160. The van der Waals surface area contributed by atoms with E-state index in [1.54, 1.807) is 24.5 Å². The molecular weight excluding hydrogens is 396 g/mol. The average molecular weight is 419 g/mol. The smallest absolute Gasteiger partial charge is 0.295 e. The highest BCUT2D eigenvalue weighted by Gasteiger charge is 2.47. The molecule has 152 valence electrons. The predicted octanol–water partition coefficient (Wildman–Crippen LogP) is 4.69. The highest BCUT2D eigenvalue weighted by Crippen LogP contribution is 2.43. The van der Waals surface area contributed by atoms with Gasteiger partial charge in [-0.3, -0.25) is 14.6 Å². The summed E-state index contributed by atoms with van der Waals surface area (Å²) in [5, 5.41) is 13.1. The van der Waals surface area contributed by atoms with Crippen LogP contribution in [0.5, 0.6) is 0 Å². The van der Waals surface area contributed by atoms with E-state index in [0.717, 1.165) is 27.1 Å². The molecule has 1 unspecified atom stereocenters. The number of pyridine rings is 1. The molecule has 0 spiro atoms. The Morgan fingerprint density at radius 3 is 2.53 bits per heavy atom. The van der Waals surface area contributed by atoms with Gasteiger partial charge in [0.15, 0.2) is 0 Å². The van der Waals surface area contributed by atoms with Crippen LogP contribution < -0.4 is 0 Å². The summed E-state index contributed by atoms with van der Waals surface area (Å²) in [7, 11) is 0. The van der Waals surface area contributed by atoms with Gasteiger partial charge in [-0.2, -0.15) is 0 Å². The standard InChI is InChI=1S/C24H22N2O3S/c1-14-6-7-18(11-16(14)3)21(27)19-20(23-15(2)8-10-30-23)26(24(29)22(19)28)13-17-5-4-9-25-12-17/h4-12,20,27H,13H2,1-3H3/b21-19-. The van der Waals surface area contributed by atoms with Crippen LogP contribution in [-0.4, -0.2) is 26.7 Å². The van der Waals surface area contributed by atoms with Gasteiger partial charge in [0, 0.05) is 29.4 Å². The van der Waals surface area contributed by atoms with Gasteiger partial charge in [-0.25, -0.2) is 0 Å². The van der Waals surface area contributed by atoms with Gasteiger partial charge in [-0.15, -0.1) is 11.3 Å². The molecule has 1 atom stereocenters. The molecule has 4 rings (SSSR count). The molecule has 30 heavy (non-hydrogen) atoms. The Balaban J connectivity index is 1.87. The van der Waals surface area contributed by atoms with Crippen molar-refractivity contribution in [3.63, 3.8) is 0 Å². The van der Waals surface area contributed by atoms with E-state index in [2.05, 4.69) is 4.98 Å². The first-order chi connectivity index (χ1) is 14.4. The number of rotatable bonds is 4. The monoisotopic (exact) mass is 418 g/mol. The summed E-state index contributed by atoms with van der Waals surface area (Å²) in [5.41, 5.74) is 4.58. The summed E-state index contributed by atoms with van der Waals surface area (Å²) < 4.78 is 0. The molecule has 6 heteroatoms. The molecule has 1 N–H and O–H groups in total. The van der Waals surface area contributed by atoms with E-state index < -0.39 is 17.7 Å². The molecule has 0 aliphatic carbocycles. The number of amides is 1. The fraction of sp³-hybridized carbons (Fsp3) is 0.208. The molecule has 1 fully saturated rings. The van der Waals surface area contributed by atoms with Crippen LogP contribution in [0.1, 0.15) is 38.7 Å². The SMILES string of the molecule is Cc1ccc(/C(O)=C2/C(=O)C(=O)N(Cc3cccnc3)C2c2sccc2C)cc1C. The highest BCUT2D eigenvalue weighted by molar-refractivity contribution is 7.10. The van der Waals surface area contributed by atoms with Crippen molar-refractivity contribution in [3.8, 4) is 0 Å². The quantitative estimate of drug-likeness (QED) is 0.379. The molecular formula is C24H22N2O3S. The number of Topliss-reactive ketones (excluding diaryl/α,β-unsaturated/α-hetero) is 1. The lowest BCUT2D eigenvalue weighted by molar-refractivity contribution is -0.140. The maximum absolute atomic E-state index is 13.1. The molecule has 1 aromatic carbocycles. The number of benzene rings is 1. The van der Waals surface area contributed by atoms with Gasteiger partial charge in [-0.1, -0.05) is 18.2 Å². The molecule has 0 saturated carbocycles. The third kappa shape index (κ3) is 3.44.